The zero-order valence-electron chi connectivity index (χ0n) is 13.7. The van der Waals surface area contributed by atoms with Crippen molar-refractivity contribution in [3.8, 4) is 0 Å². The summed E-state index contributed by atoms with van der Waals surface area (Å²) in [4.78, 5) is 15.5. The van der Waals surface area contributed by atoms with Gasteiger partial charge in [-0.3, -0.25) is 4.79 Å². The van der Waals surface area contributed by atoms with E-state index in [9.17, 15) is 4.79 Å². The minimum Gasteiger partial charge on any atom is -0.465 e. The van der Waals surface area contributed by atoms with Gasteiger partial charge >= 0.3 is 5.97 Å². The Balaban J connectivity index is 1.94. The quantitative estimate of drug-likeness (QED) is 0.684. The number of benzene rings is 2. The molecule has 0 saturated heterocycles. The van der Waals surface area contributed by atoms with Crippen molar-refractivity contribution in [1.29, 1.82) is 0 Å². The van der Waals surface area contributed by atoms with Gasteiger partial charge in [-0.25, -0.2) is 0 Å². The number of ether oxygens (including phenoxy) is 1. The van der Waals surface area contributed by atoms with Gasteiger partial charge in [0.25, 0.3) is 0 Å². The van der Waals surface area contributed by atoms with Gasteiger partial charge in [0.1, 0.15) is 6.04 Å². The average Bonchev–Trinajstić information content (AvgIpc) is 3.03. The van der Waals surface area contributed by atoms with Crippen molar-refractivity contribution in [2.45, 2.75) is 25.3 Å². The molecule has 4 heteroatoms. The highest BCUT2D eigenvalue weighted by Crippen LogP contribution is 2.28. The zero-order chi connectivity index (χ0) is 16.9. The van der Waals surface area contributed by atoms with Crippen molar-refractivity contribution in [1.82, 2.24) is 4.98 Å². The van der Waals surface area contributed by atoms with E-state index in [2.05, 4.69) is 11.1 Å². The lowest BCUT2D eigenvalue weighted by molar-refractivity contribution is -0.145. The molecule has 2 aromatic carbocycles. The maximum Gasteiger partial charge on any atom is 0.323 e. The second kappa shape index (κ2) is 7.32. The highest BCUT2D eigenvalue weighted by molar-refractivity contribution is 5.83. The smallest absolute Gasteiger partial charge is 0.323 e. The van der Waals surface area contributed by atoms with Crippen LogP contribution >= 0.6 is 0 Å². The summed E-state index contributed by atoms with van der Waals surface area (Å²) in [5.74, 6) is -0.490. The number of aromatic amines is 1. The van der Waals surface area contributed by atoms with Crippen LogP contribution in [0.25, 0.3) is 10.9 Å². The van der Waals surface area contributed by atoms with Gasteiger partial charge in [0, 0.05) is 23.0 Å². The van der Waals surface area contributed by atoms with Crippen molar-refractivity contribution < 1.29 is 9.53 Å². The molecular weight excluding hydrogens is 300 g/mol. The molecule has 0 aliphatic rings. The van der Waals surface area contributed by atoms with Gasteiger partial charge in [-0.1, -0.05) is 48.5 Å². The van der Waals surface area contributed by atoms with Gasteiger partial charge in [-0.2, -0.15) is 0 Å². The maximum atomic E-state index is 12.2. The number of esters is 1. The van der Waals surface area contributed by atoms with Crippen LogP contribution in [0.5, 0.6) is 0 Å². The SMILES string of the molecule is CCOC(=O)C(N)C(Cc1c[nH]c2ccccc12)c1ccccc1. The van der Waals surface area contributed by atoms with Crippen LogP contribution in [0.2, 0.25) is 0 Å². The molecule has 1 aromatic heterocycles. The van der Waals surface area contributed by atoms with E-state index in [1.165, 1.54) is 0 Å². The van der Waals surface area contributed by atoms with Crippen LogP contribution < -0.4 is 5.73 Å². The van der Waals surface area contributed by atoms with Crippen LogP contribution in [0.1, 0.15) is 24.0 Å². The zero-order valence-corrected chi connectivity index (χ0v) is 13.7. The number of nitrogens with two attached hydrogens (primary N) is 1. The molecule has 0 aliphatic heterocycles. The number of H-pyrrole nitrogens is 1. The topological polar surface area (TPSA) is 68.1 Å². The number of hydrogen-bond acceptors (Lipinski definition) is 3. The molecule has 0 fully saturated rings. The highest BCUT2D eigenvalue weighted by atomic mass is 16.5. The summed E-state index contributed by atoms with van der Waals surface area (Å²) in [6.45, 7) is 2.13. The van der Waals surface area contributed by atoms with Gasteiger partial charge in [-0.05, 0) is 30.5 Å². The molecule has 0 spiro atoms. The van der Waals surface area contributed by atoms with E-state index in [1.807, 2.05) is 54.7 Å². The highest BCUT2D eigenvalue weighted by Gasteiger charge is 2.28. The van der Waals surface area contributed by atoms with Gasteiger partial charge in [-0.15, -0.1) is 0 Å². The molecule has 3 N–H and O–H groups in total. The molecule has 3 rings (SSSR count). The number of hydrogen-bond donors (Lipinski definition) is 2. The van der Waals surface area contributed by atoms with Crippen LogP contribution in [-0.2, 0) is 16.0 Å². The summed E-state index contributed by atoms with van der Waals surface area (Å²) in [6.07, 6.45) is 2.67. The third-order valence-corrected chi connectivity index (χ3v) is 4.33. The van der Waals surface area contributed by atoms with E-state index in [0.717, 1.165) is 22.0 Å². The first-order chi connectivity index (χ1) is 11.7. The van der Waals surface area contributed by atoms with Crippen molar-refractivity contribution >= 4 is 16.9 Å². The first-order valence-corrected chi connectivity index (χ1v) is 8.23. The molecule has 0 radical (unpaired) electrons. The van der Waals surface area contributed by atoms with Crippen LogP contribution in [0, 0.1) is 0 Å². The summed E-state index contributed by atoms with van der Waals surface area (Å²) in [7, 11) is 0. The molecule has 4 nitrogen and oxygen atoms in total. The number of carbonyl (C=O) groups is 1. The van der Waals surface area contributed by atoms with E-state index in [0.29, 0.717) is 13.0 Å². The summed E-state index contributed by atoms with van der Waals surface area (Å²) >= 11 is 0. The molecule has 24 heavy (non-hydrogen) atoms. The fourth-order valence-electron chi connectivity index (χ4n) is 3.09. The van der Waals surface area contributed by atoms with Gasteiger partial charge < -0.3 is 15.5 Å². The molecule has 124 valence electrons. The van der Waals surface area contributed by atoms with Crippen molar-refractivity contribution in [3.63, 3.8) is 0 Å². The molecule has 2 atom stereocenters. The summed E-state index contributed by atoms with van der Waals surface area (Å²) in [5.41, 5.74) is 9.54. The van der Waals surface area contributed by atoms with E-state index in [1.54, 1.807) is 6.92 Å². The first kappa shape index (κ1) is 16.3. The van der Waals surface area contributed by atoms with Crippen LogP contribution in [0.15, 0.2) is 60.8 Å². The maximum absolute atomic E-state index is 12.2. The normalized spacial score (nSPS) is 13.6. The lowest BCUT2D eigenvalue weighted by Gasteiger charge is -2.23. The van der Waals surface area contributed by atoms with Crippen molar-refractivity contribution in [3.05, 3.63) is 71.9 Å². The van der Waals surface area contributed by atoms with Crippen molar-refractivity contribution in [2.24, 2.45) is 5.73 Å². The lowest BCUT2D eigenvalue weighted by Crippen LogP contribution is -2.39. The number of carbonyl (C=O) groups excluding carboxylic acids is 1. The van der Waals surface area contributed by atoms with Gasteiger partial charge in [0.05, 0.1) is 6.61 Å². The first-order valence-electron chi connectivity index (χ1n) is 8.23. The second-order valence-electron chi connectivity index (χ2n) is 5.86. The number of para-hydroxylation sites is 1. The standard InChI is InChI=1S/C20H22N2O2/c1-2-24-20(23)19(21)17(14-8-4-3-5-9-14)12-15-13-22-18-11-7-6-10-16(15)18/h3-11,13,17,19,22H,2,12,21H2,1H3. The number of aromatic nitrogens is 1. The molecule has 0 aliphatic carbocycles. The Kier molecular flexibility index (Phi) is 4.96. The molecule has 3 aromatic rings. The largest absolute Gasteiger partial charge is 0.465 e. The van der Waals surface area contributed by atoms with Crippen molar-refractivity contribution in [2.75, 3.05) is 6.61 Å². The Hall–Kier alpha value is -2.59. The molecular formula is C20H22N2O2. The third kappa shape index (κ3) is 3.34. The Labute approximate surface area is 141 Å². The Morgan fingerprint density at radius 2 is 1.83 bits per heavy atom. The monoisotopic (exact) mass is 322 g/mol. The molecule has 1 heterocycles. The van der Waals surface area contributed by atoms with Gasteiger partial charge in [0.15, 0.2) is 0 Å². The Bertz CT molecular complexity index is 811. The fraction of sp³-hybridized carbons (Fsp3) is 0.250. The number of rotatable bonds is 6. The second-order valence-corrected chi connectivity index (χ2v) is 5.86. The van der Waals surface area contributed by atoms with Crippen LogP contribution in [-0.4, -0.2) is 23.6 Å². The van der Waals surface area contributed by atoms with E-state index in [4.69, 9.17) is 10.5 Å². The lowest BCUT2D eigenvalue weighted by atomic mass is 9.86. The Morgan fingerprint density at radius 1 is 1.12 bits per heavy atom. The van der Waals surface area contributed by atoms with Crippen LogP contribution in [0.3, 0.4) is 0 Å². The molecule has 0 bridgehead atoms. The molecule has 2 unspecified atom stereocenters. The van der Waals surface area contributed by atoms with E-state index >= 15 is 0 Å². The number of nitrogens with one attached hydrogen (secondary N) is 1. The summed E-state index contributed by atoms with van der Waals surface area (Å²) in [5, 5.41) is 1.16. The van der Waals surface area contributed by atoms with Crippen LogP contribution in [0.4, 0.5) is 0 Å². The fourth-order valence-corrected chi connectivity index (χ4v) is 3.09. The van der Waals surface area contributed by atoms with E-state index < -0.39 is 6.04 Å². The Morgan fingerprint density at radius 3 is 2.58 bits per heavy atom. The van der Waals surface area contributed by atoms with E-state index in [-0.39, 0.29) is 11.9 Å². The summed E-state index contributed by atoms with van der Waals surface area (Å²) < 4.78 is 5.14. The minimum absolute atomic E-state index is 0.135. The molecule has 0 saturated carbocycles. The third-order valence-electron chi connectivity index (χ3n) is 4.33. The predicted octanol–water partition coefficient (Wildman–Crippen LogP) is 3.38. The number of fused-ring (bicyclic) bond motifs is 1. The molecule has 0 amide bonds. The predicted molar refractivity (Wildman–Crippen MR) is 95.8 cm³/mol. The average molecular weight is 322 g/mol. The minimum atomic E-state index is -0.694. The van der Waals surface area contributed by atoms with Gasteiger partial charge in [0.2, 0.25) is 0 Å². The summed E-state index contributed by atoms with van der Waals surface area (Å²) in [6, 6.07) is 17.4.